The minimum Gasteiger partial charge on any atom is -0.507 e. The Hall–Kier alpha value is -6.86. The van der Waals surface area contributed by atoms with Crippen molar-refractivity contribution in [1.82, 2.24) is 45.3 Å². The van der Waals surface area contributed by atoms with Gasteiger partial charge in [-0.05, 0) is 100 Å². The molecule has 2 bridgehead atoms. The van der Waals surface area contributed by atoms with Gasteiger partial charge in [0.2, 0.25) is 17.7 Å². The molecular weight excluding hydrogens is 1140 g/mol. The van der Waals surface area contributed by atoms with E-state index in [1.54, 1.807) is 51.1 Å². The SMILES string of the molecule is CSSC(C)C(C)OC(=O)O[C@@H]1C[C@@H](C(=O)N[C@@H](C)c2ccc(-c3scnc3C)cc2)N(C(=O)[C@@H](c2cc(OCCN3CCN(CCOc4cc(N5C6CCC5CN(c5cc(-c7ccccc7O)nnc5N)C6)ccn4)[C@H](C)C3)no2)C(C)C)C1. The molecule has 10 rings (SSSR count). The Morgan fingerprint density at radius 2 is 1.65 bits per heavy atom. The van der Waals surface area contributed by atoms with Gasteiger partial charge in [0, 0.05) is 105 Å². The molecule has 4 saturated heterocycles. The molecule has 4 unspecified atom stereocenters. The molecule has 4 aromatic heterocycles. The summed E-state index contributed by atoms with van der Waals surface area (Å²) in [5.41, 5.74) is 14.3. The molecule has 6 aromatic rings. The number of phenols is 1. The highest BCUT2D eigenvalue weighted by atomic mass is 33.1. The van der Waals surface area contributed by atoms with Crippen LogP contribution in [-0.2, 0) is 19.1 Å². The van der Waals surface area contributed by atoms with Crippen LogP contribution in [-0.4, -0.2) is 177 Å². The summed E-state index contributed by atoms with van der Waals surface area (Å²) in [5, 5.41) is 26.4. The summed E-state index contributed by atoms with van der Waals surface area (Å²) in [6.07, 6.45) is 3.93. The lowest BCUT2D eigenvalue weighted by molar-refractivity contribution is -0.141. The maximum atomic E-state index is 14.8. The van der Waals surface area contributed by atoms with Gasteiger partial charge in [-0.25, -0.2) is 14.8 Å². The molecule has 24 heteroatoms. The van der Waals surface area contributed by atoms with E-state index in [0.717, 1.165) is 85.2 Å². The molecule has 0 saturated carbocycles. The molecule has 85 heavy (non-hydrogen) atoms. The number of pyridine rings is 1. The Kier molecular flexibility index (Phi) is 19.9. The van der Waals surface area contributed by atoms with Gasteiger partial charge in [0.25, 0.3) is 5.88 Å². The number of nitrogens with two attached hydrogens (primary N) is 1. The van der Waals surface area contributed by atoms with E-state index in [4.69, 9.17) is 29.2 Å². The number of aromatic hydroxyl groups is 1. The Bertz CT molecular complexity index is 3230. The highest BCUT2D eigenvalue weighted by Crippen LogP contribution is 2.40. The fourth-order valence-electron chi connectivity index (χ4n) is 12.1. The van der Waals surface area contributed by atoms with E-state index in [1.807, 2.05) is 102 Å². The third-order valence-corrected chi connectivity index (χ3v) is 20.1. The van der Waals surface area contributed by atoms with Crippen LogP contribution in [0.3, 0.4) is 0 Å². The van der Waals surface area contributed by atoms with Crippen molar-refractivity contribution in [1.29, 1.82) is 0 Å². The van der Waals surface area contributed by atoms with Crippen molar-refractivity contribution in [2.75, 3.05) is 87.4 Å². The van der Waals surface area contributed by atoms with Gasteiger partial charge >= 0.3 is 6.16 Å². The molecule has 2 amide bonds. The van der Waals surface area contributed by atoms with Gasteiger partial charge in [0.05, 0.1) is 40.0 Å². The maximum absolute atomic E-state index is 14.8. The zero-order valence-corrected chi connectivity index (χ0v) is 52.0. The number of benzene rings is 2. The van der Waals surface area contributed by atoms with Crippen LogP contribution in [0.15, 0.2) is 89.0 Å². The number of hydrogen-bond acceptors (Lipinski definition) is 22. The third-order valence-electron chi connectivity index (χ3n) is 16.8. The van der Waals surface area contributed by atoms with Crippen molar-refractivity contribution in [2.45, 2.75) is 121 Å². The van der Waals surface area contributed by atoms with Crippen LogP contribution >= 0.6 is 32.9 Å². The number of aromatic nitrogens is 5. The predicted molar refractivity (Wildman–Crippen MR) is 332 cm³/mol. The van der Waals surface area contributed by atoms with Gasteiger partial charge in [0.1, 0.15) is 43.1 Å². The van der Waals surface area contributed by atoms with Crippen LogP contribution in [0.1, 0.15) is 89.8 Å². The summed E-state index contributed by atoms with van der Waals surface area (Å²) in [4.78, 5) is 63.5. The first kappa shape index (κ1) is 61.2. The zero-order valence-electron chi connectivity index (χ0n) is 49.5. The van der Waals surface area contributed by atoms with Gasteiger partial charge in [-0.1, -0.05) is 71.8 Å². The van der Waals surface area contributed by atoms with Crippen molar-refractivity contribution in [3.8, 4) is 39.2 Å². The number of nitrogens with zero attached hydrogens (tertiary/aromatic N) is 10. The van der Waals surface area contributed by atoms with Crippen LogP contribution in [0.4, 0.5) is 22.0 Å². The van der Waals surface area contributed by atoms with Crippen molar-refractivity contribution >= 4 is 68.1 Å². The molecule has 8 heterocycles. The van der Waals surface area contributed by atoms with E-state index >= 15 is 0 Å². The standard InChI is InChI=1S/C61H78N12O9S3/c1-36(2)56(60(76)72-34-47(81-61(77)80-40(6)41(7)85-83-8)28-51(72)59(75)65-38(4)42-13-15-43(16-14-42)57-39(5)64-35-84-57)53-30-55(68-82-53)79-25-23-69-21-22-70(37(3)31-69)24-26-78-54-27-44(19-20-63-54)73-45-17-18-46(73)33-71(32-45)50-29-49(66-67-58(50)62)48-11-9-10-12-52(48)74/h9-16,19-20,27,29-30,35-38,40-41,45-47,51,56,74H,17-18,21-26,28,31-34H2,1-8H3,(H2,62,67)(H,65,75)/t37-,38+,40?,41?,45?,46?,47-,51+,56-/m1/s1. The number of carbonyl (C=O) groups excluding carboxylic acids is 3. The fourth-order valence-corrected chi connectivity index (χ4v) is 14.8. The van der Waals surface area contributed by atoms with Crippen molar-refractivity contribution in [3.05, 3.63) is 102 Å². The zero-order chi connectivity index (χ0) is 59.9. The number of hydrogen-bond donors (Lipinski definition) is 3. The summed E-state index contributed by atoms with van der Waals surface area (Å²) in [6, 6.07) is 22.3. The summed E-state index contributed by atoms with van der Waals surface area (Å²) >= 11 is 1.58. The lowest BCUT2D eigenvalue weighted by Gasteiger charge is -2.43. The number of nitrogens with one attached hydrogen (secondary N) is 1. The Morgan fingerprint density at radius 1 is 0.894 bits per heavy atom. The average Bonchev–Trinajstić information content (AvgIpc) is 2.31. The number of amides is 2. The molecule has 4 aliphatic rings. The van der Waals surface area contributed by atoms with E-state index in [0.29, 0.717) is 48.5 Å². The Labute approximate surface area is 509 Å². The first-order chi connectivity index (χ1) is 41.0. The molecule has 0 aliphatic carbocycles. The highest BCUT2D eigenvalue weighted by Gasteiger charge is 2.46. The number of anilines is 3. The Morgan fingerprint density at radius 3 is 2.36 bits per heavy atom. The molecular formula is C61H78N12O9S3. The van der Waals surface area contributed by atoms with Crippen molar-refractivity contribution in [3.63, 3.8) is 0 Å². The second-order valence-electron chi connectivity index (χ2n) is 22.9. The lowest BCUT2D eigenvalue weighted by Crippen LogP contribution is -2.54. The van der Waals surface area contributed by atoms with Crippen LogP contribution in [0.25, 0.3) is 21.7 Å². The molecule has 0 spiro atoms. The number of fused-ring (bicyclic) bond motifs is 2. The molecule has 4 N–H and O–H groups in total. The van der Waals surface area contributed by atoms with Crippen LogP contribution in [0, 0.1) is 12.8 Å². The number of nitrogen functional groups attached to an aromatic ring is 1. The second-order valence-corrected chi connectivity index (χ2v) is 26.6. The van der Waals surface area contributed by atoms with Gasteiger partial charge < -0.3 is 54.3 Å². The van der Waals surface area contributed by atoms with E-state index in [2.05, 4.69) is 69.3 Å². The maximum Gasteiger partial charge on any atom is 0.508 e. The highest BCUT2D eigenvalue weighted by molar-refractivity contribution is 8.76. The first-order valence-electron chi connectivity index (χ1n) is 29.3. The predicted octanol–water partition coefficient (Wildman–Crippen LogP) is 9.10. The normalized spacial score (nSPS) is 21.4. The number of rotatable bonds is 23. The quantitative estimate of drug-likeness (QED) is 0.0400. The summed E-state index contributed by atoms with van der Waals surface area (Å²) in [5.74, 6) is -0.0588. The smallest absolute Gasteiger partial charge is 0.507 e. The first-order valence-corrected chi connectivity index (χ1v) is 32.8. The van der Waals surface area contributed by atoms with E-state index in [1.165, 1.54) is 4.90 Å². The number of ether oxygens (including phenoxy) is 4. The number of likely N-dealkylation sites (tertiary alicyclic amines) is 1. The number of phenolic OH excluding ortho intramolecular Hbond substituents is 1. The molecule has 9 atom stereocenters. The third kappa shape index (κ3) is 14.5. The topological polar surface area (TPSA) is 240 Å². The molecule has 0 radical (unpaired) electrons. The van der Waals surface area contributed by atoms with E-state index in [-0.39, 0.29) is 71.7 Å². The minimum absolute atomic E-state index is 0.00663. The fraction of sp³-hybridized carbons (Fsp3) is 0.508. The second kappa shape index (κ2) is 27.7. The van der Waals surface area contributed by atoms with E-state index < -0.39 is 30.3 Å². The van der Waals surface area contributed by atoms with E-state index in [9.17, 15) is 19.5 Å². The van der Waals surface area contributed by atoms with Gasteiger partial charge in [-0.15, -0.1) is 21.5 Å². The number of aryl methyl sites for hydroxylation is 1. The van der Waals surface area contributed by atoms with Gasteiger partial charge in [-0.3, -0.25) is 19.4 Å². The monoisotopic (exact) mass is 1220 g/mol. The van der Waals surface area contributed by atoms with Crippen LogP contribution < -0.4 is 30.3 Å². The minimum atomic E-state index is -0.943. The van der Waals surface area contributed by atoms with Gasteiger partial charge in [-0.2, -0.15) is 0 Å². The molecule has 21 nitrogen and oxygen atoms in total. The molecule has 454 valence electrons. The lowest BCUT2D eigenvalue weighted by atomic mass is 9.91. The largest absolute Gasteiger partial charge is 0.508 e. The number of piperazine rings is 2. The summed E-state index contributed by atoms with van der Waals surface area (Å²) in [7, 11) is 3.18. The average molecular weight is 1220 g/mol. The number of thiazole rings is 1. The van der Waals surface area contributed by atoms with Crippen molar-refractivity contribution < 1.29 is 43.0 Å². The molecule has 4 fully saturated rings. The summed E-state index contributed by atoms with van der Waals surface area (Å²) < 4.78 is 29.8. The number of para-hydroxylation sites is 1. The van der Waals surface area contributed by atoms with Crippen LogP contribution in [0.5, 0.6) is 17.5 Å². The van der Waals surface area contributed by atoms with Gasteiger partial charge in [0.15, 0.2) is 11.6 Å². The number of carbonyl (C=O) groups is 3. The molecule has 4 aliphatic heterocycles. The van der Waals surface area contributed by atoms with Crippen molar-refractivity contribution in [2.24, 2.45) is 5.92 Å². The summed E-state index contributed by atoms with van der Waals surface area (Å²) in [6.45, 7) is 20.1. The Balaban J connectivity index is 0.698. The van der Waals surface area contributed by atoms with Crippen LogP contribution in [0.2, 0.25) is 0 Å². The molecule has 2 aromatic carbocycles.